The average Bonchev–Trinajstić information content (AvgIpc) is 3.42. The maximum absolute atomic E-state index is 13.8. The lowest BCUT2D eigenvalue weighted by atomic mass is 9.93. The fraction of sp³-hybridized carbons (Fsp3) is 0.176. The molecule has 2 heterocycles. The van der Waals surface area contributed by atoms with E-state index >= 15 is 0 Å². The van der Waals surface area contributed by atoms with Gasteiger partial charge in [-0.2, -0.15) is 10.4 Å². The van der Waals surface area contributed by atoms with Crippen LogP contribution in [-0.2, 0) is 16.1 Å². The van der Waals surface area contributed by atoms with Gasteiger partial charge in [0.25, 0.3) is 11.8 Å². The van der Waals surface area contributed by atoms with E-state index in [1.165, 1.54) is 0 Å². The molecule has 4 aromatic rings. The largest absolute Gasteiger partial charge is 0.494 e. The van der Waals surface area contributed by atoms with Crippen molar-refractivity contribution in [3.8, 4) is 28.8 Å². The maximum atomic E-state index is 13.8. The molecule has 1 aliphatic rings. The predicted octanol–water partition coefficient (Wildman–Crippen LogP) is 6.43. The van der Waals surface area contributed by atoms with Gasteiger partial charge in [-0.25, -0.2) is 4.68 Å². The molecular formula is C34H30N4O3. The molecular weight excluding hydrogens is 512 g/mol. The van der Waals surface area contributed by atoms with Gasteiger partial charge in [0.2, 0.25) is 0 Å². The molecule has 0 spiro atoms. The number of amides is 2. The van der Waals surface area contributed by atoms with Gasteiger partial charge >= 0.3 is 0 Å². The third kappa shape index (κ3) is 5.73. The van der Waals surface area contributed by atoms with Gasteiger partial charge in [-0.1, -0.05) is 67.1 Å². The first kappa shape index (κ1) is 27.4. The van der Waals surface area contributed by atoms with E-state index in [0.29, 0.717) is 23.4 Å². The number of hydrogen-bond donors (Lipinski definition) is 0. The molecule has 0 radical (unpaired) electrons. The Hall–Kier alpha value is -5.22. The normalized spacial score (nSPS) is 14.5. The van der Waals surface area contributed by atoms with Crippen molar-refractivity contribution < 1.29 is 14.3 Å². The van der Waals surface area contributed by atoms with E-state index < -0.39 is 11.8 Å². The highest BCUT2D eigenvalue weighted by molar-refractivity contribution is 6.19. The molecule has 0 unspecified atom stereocenters. The molecule has 0 saturated carbocycles. The Morgan fingerprint density at radius 2 is 1.71 bits per heavy atom. The number of carbonyl (C=O) groups is 2. The minimum atomic E-state index is -0.589. The van der Waals surface area contributed by atoms with Gasteiger partial charge in [-0.15, -0.1) is 0 Å². The lowest BCUT2D eigenvalue weighted by Crippen LogP contribution is -2.42. The molecule has 0 fully saturated rings. The highest BCUT2D eigenvalue weighted by Gasteiger charge is 2.35. The summed E-state index contributed by atoms with van der Waals surface area (Å²) in [5.41, 5.74) is 5.44. The number of hydrogen-bond acceptors (Lipinski definition) is 5. The first-order chi connectivity index (χ1) is 19.9. The molecule has 41 heavy (non-hydrogen) atoms. The summed E-state index contributed by atoms with van der Waals surface area (Å²) in [6.07, 6.45) is 4.46. The summed E-state index contributed by atoms with van der Waals surface area (Å²) < 4.78 is 7.62. The molecule has 5 rings (SSSR count). The summed E-state index contributed by atoms with van der Waals surface area (Å²) in [6.45, 7) is 6.33. The van der Waals surface area contributed by atoms with Crippen molar-refractivity contribution in [2.75, 3.05) is 6.61 Å². The third-order valence-corrected chi connectivity index (χ3v) is 6.93. The van der Waals surface area contributed by atoms with Gasteiger partial charge in [-0.3, -0.25) is 14.5 Å². The Balaban J connectivity index is 1.63. The fourth-order valence-corrected chi connectivity index (χ4v) is 4.69. The van der Waals surface area contributed by atoms with Crippen LogP contribution in [0, 0.1) is 18.3 Å². The Labute approximate surface area is 239 Å². The van der Waals surface area contributed by atoms with Crippen molar-refractivity contribution in [3.63, 3.8) is 0 Å². The van der Waals surface area contributed by atoms with Gasteiger partial charge in [0.1, 0.15) is 23.1 Å². The minimum absolute atomic E-state index is 0.0464. The summed E-state index contributed by atoms with van der Waals surface area (Å²) in [7, 11) is 0. The quantitative estimate of drug-likeness (QED) is 0.189. The maximum Gasteiger partial charge on any atom is 0.271 e. The second-order valence-electron chi connectivity index (χ2n) is 9.94. The molecule has 7 heteroatoms. The van der Waals surface area contributed by atoms with Gasteiger partial charge in [0.05, 0.1) is 18.8 Å². The lowest BCUT2D eigenvalue weighted by Gasteiger charge is -2.27. The van der Waals surface area contributed by atoms with Crippen molar-refractivity contribution in [1.82, 2.24) is 14.7 Å². The van der Waals surface area contributed by atoms with Crippen LogP contribution in [0.4, 0.5) is 0 Å². The van der Waals surface area contributed by atoms with Gasteiger partial charge in [0.15, 0.2) is 0 Å². The highest BCUT2D eigenvalue weighted by Crippen LogP contribution is 2.33. The number of aromatic nitrogens is 2. The lowest BCUT2D eigenvalue weighted by molar-refractivity contribution is -0.141. The molecule has 3 aromatic carbocycles. The first-order valence-corrected chi connectivity index (χ1v) is 13.5. The van der Waals surface area contributed by atoms with Crippen LogP contribution in [-0.4, -0.2) is 33.1 Å². The molecule has 2 amide bonds. The molecule has 7 nitrogen and oxygen atoms in total. The number of aryl methyl sites for hydroxylation is 1. The van der Waals surface area contributed by atoms with E-state index in [1.807, 2.05) is 98.1 Å². The molecule has 0 bridgehead atoms. The monoisotopic (exact) mass is 542 g/mol. The van der Waals surface area contributed by atoms with Gasteiger partial charge in [0, 0.05) is 22.9 Å². The fourth-order valence-electron chi connectivity index (χ4n) is 4.69. The average molecular weight is 543 g/mol. The number of nitrogens with zero attached hydrogens (tertiary/aromatic N) is 4. The standard InChI is InChI=1S/C34H30N4O3/c1-4-17-41-29-12-8-9-26(18-29)32-27(22-38(36-32)28-10-6-5-7-11-28)19-30-24(3)31(20-35)34(40)37(33(30)39)21-25-15-13-23(2)14-16-25/h5-16,18-19,22H,4,17,21H2,1-3H3/b30-19+. The number of ether oxygens (including phenoxy) is 1. The van der Waals surface area contributed by atoms with Crippen molar-refractivity contribution in [3.05, 3.63) is 118 Å². The van der Waals surface area contributed by atoms with E-state index in [1.54, 1.807) is 17.7 Å². The Bertz CT molecular complexity index is 1710. The van der Waals surface area contributed by atoms with Crippen LogP contribution in [0.5, 0.6) is 5.75 Å². The van der Waals surface area contributed by atoms with Crippen LogP contribution in [0.2, 0.25) is 0 Å². The number of imide groups is 1. The van der Waals surface area contributed by atoms with Crippen molar-refractivity contribution in [2.24, 2.45) is 0 Å². The second kappa shape index (κ2) is 11.9. The Morgan fingerprint density at radius 1 is 0.951 bits per heavy atom. The summed E-state index contributed by atoms with van der Waals surface area (Å²) in [4.78, 5) is 28.2. The van der Waals surface area contributed by atoms with Crippen LogP contribution in [0.1, 0.15) is 37.0 Å². The predicted molar refractivity (Wildman–Crippen MR) is 158 cm³/mol. The summed E-state index contributed by atoms with van der Waals surface area (Å²) in [5.74, 6) is -0.317. The Morgan fingerprint density at radius 3 is 2.41 bits per heavy atom. The van der Waals surface area contributed by atoms with Crippen molar-refractivity contribution in [1.29, 1.82) is 5.26 Å². The number of para-hydroxylation sites is 1. The van der Waals surface area contributed by atoms with E-state index in [4.69, 9.17) is 9.84 Å². The number of rotatable bonds is 8. The molecule has 0 saturated heterocycles. The minimum Gasteiger partial charge on any atom is -0.494 e. The second-order valence-corrected chi connectivity index (χ2v) is 9.94. The Kier molecular flexibility index (Phi) is 7.93. The van der Waals surface area contributed by atoms with Crippen LogP contribution in [0.3, 0.4) is 0 Å². The zero-order valence-corrected chi connectivity index (χ0v) is 23.3. The number of benzene rings is 3. The van der Waals surface area contributed by atoms with Crippen LogP contribution in [0.25, 0.3) is 23.0 Å². The molecule has 0 N–H and O–H groups in total. The summed E-state index contributed by atoms with van der Waals surface area (Å²) in [6, 6.07) is 27.0. The van der Waals surface area contributed by atoms with Crippen molar-refractivity contribution >= 4 is 17.9 Å². The van der Waals surface area contributed by atoms with Crippen LogP contribution in [0.15, 0.2) is 102 Å². The molecule has 0 atom stereocenters. The smallest absolute Gasteiger partial charge is 0.271 e. The topological polar surface area (TPSA) is 88.2 Å². The zero-order valence-electron chi connectivity index (χ0n) is 23.3. The molecule has 1 aromatic heterocycles. The van der Waals surface area contributed by atoms with E-state index in [-0.39, 0.29) is 17.7 Å². The molecule has 204 valence electrons. The SMILES string of the molecule is CCCOc1cccc(-c2nn(-c3ccccc3)cc2/C=C2/C(=O)N(Cc3ccc(C)cc3)C(=O)C(C#N)=C2C)c1. The van der Waals surface area contributed by atoms with E-state index in [9.17, 15) is 14.9 Å². The molecule has 0 aliphatic carbocycles. The van der Waals surface area contributed by atoms with E-state index in [2.05, 4.69) is 6.92 Å². The molecule has 1 aliphatic heterocycles. The summed E-state index contributed by atoms with van der Waals surface area (Å²) in [5, 5.41) is 14.8. The van der Waals surface area contributed by atoms with Crippen LogP contribution < -0.4 is 4.74 Å². The van der Waals surface area contributed by atoms with Crippen LogP contribution >= 0.6 is 0 Å². The van der Waals surface area contributed by atoms with Gasteiger partial charge in [-0.05, 0) is 61.7 Å². The van der Waals surface area contributed by atoms with E-state index in [0.717, 1.165) is 39.4 Å². The first-order valence-electron chi connectivity index (χ1n) is 13.5. The number of nitriles is 1. The number of carbonyl (C=O) groups excluding carboxylic acids is 2. The highest BCUT2D eigenvalue weighted by atomic mass is 16.5. The van der Waals surface area contributed by atoms with Gasteiger partial charge < -0.3 is 4.74 Å². The summed E-state index contributed by atoms with van der Waals surface area (Å²) >= 11 is 0. The van der Waals surface area contributed by atoms with Crippen molar-refractivity contribution in [2.45, 2.75) is 33.7 Å². The zero-order chi connectivity index (χ0) is 28.9. The third-order valence-electron chi connectivity index (χ3n) is 6.93.